The highest BCUT2D eigenvalue weighted by molar-refractivity contribution is 6.33. The lowest BCUT2D eigenvalue weighted by atomic mass is 10.2. The first-order valence-electron chi connectivity index (χ1n) is 5.79. The average Bonchev–Trinajstić information content (AvgIpc) is 3.01. The summed E-state index contributed by atoms with van der Waals surface area (Å²) in [6.45, 7) is 2.45. The van der Waals surface area contributed by atoms with E-state index in [1.807, 2.05) is 35.9 Å². The number of hydrogen-bond acceptors (Lipinski definition) is 4. The number of benzene rings is 1. The lowest BCUT2D eigenvalue weighted by Crippen LogP contribution is -2.02. The Labute approximate surface area is 114 Å². The molecule has 6 heteroatoms. The lowest BCUT2D eigenvalue weighted by molar-refractivity contribution is 0.420. The van der Waals surface area contributed by atoms with Gasteiger partial charge in [-0.1, -0.05) is 28.9 Å². The van der Waals surface area contributed by atoms with Crippen LogP contribution in [-0.2, 0) is 6.54 Å². The summed E-state index contributed by atoms with van der Waals surface area (Å²) in [5.41, 5.74) is 0.741. The number of aryl methyl sites for hydroxylation is 1. The van der Waals surface area contributed by atoms with Gasteiger partial charge in [0.15, 0.2) is 5.82 Å². The van der Waals surface area contributed by atoms with Gasteiger partial charge in [-0.3, -0.25) is 0 Å². The second-order valence-electron chi connectivity index (χ2n) is 4.10. The van der Waals surface area contributed by atoms with Crippen molar-refractivity contribution in [3.63, 3.8) is 0 Å². The first kappa shape index (κ1) is 11.9. The Morgan fingerprint density at radius 1 is 1.32 bits per heavy atom. The molecule has 1 aromatic carbocycles. The molecule has 0 radical (unpaired) electrons. The van der Waals surface area contributed by atoms with E-state index in [4.69, 9.17) is 16.1 Å². The molecule has 0 aliphatic carbocycles. The van der Waals surface area contributed by atoms with Gasteiger partial charge in [0.2, 0.25) is 0 Å². The molecule has 0 atom stereocenters. The van der Waals surface area contributed by atoms with Crippen molar-refractivity contribution in [2.45, 2.75) is 13.5 Å². The number of halogens is 1. The molecule has 5 nitrogen and oxygen atoms in total. The van der Waals surface area contributed by atoms with Crippen LogP contribution < -0.4 is 0 Å². The van der Waals surface area contributed by atoms with Crippen molar-refractivity contribution in [1.82, 2.24) is 19.7 Å². The van der Waals surface area contributed by atoms with Gasteiger partial charge in [0.1, 0.15) is 5.82 Å². The van der Waals surface area contributed by atoms with Gasteiger partial charge in [0.25, 0.3) is 5.89 Å². The van der Waals surface area contributed by atoms with Crippen LogP contribution in [-0.4, -0.2) is 19.7 Å². The molecule has 0 spiro atoms. The summed E-state index contributed by atoms with van der Waals surface area (Å²) in [5.74, 6) is 1.93. The number of aromatic nitrogens is 4. The van der Waals surface area contributed by atoms with Crippen LogP contribution in [0.15, 0.2) is 41.2 Å². The van der Waals surface area contributed by atoms with Crippen LogP contribution in [0.5, 0.6) is 0 Å². The van der Waals surface area contributed by atoms with E-state index >= 15 is 0 Å². The smallest absolute Gasteiger partial charge is 0.259 e. The number of nitrogens with zero attached hydrogens (tertiary/aromatic N) is 4. The zero-order valence-electron chi connectivity index (χ0n) is 10.2. The minimum atomic E-state index is 0.429. The van der Waals surface area contributed by atoms with E-state index in [0.717, 1.165) is 11.4 Å². The van der Waals surface area contributed by atoms with E-state index < -0.39 is 0 Å². The molecule has 0 bridgehead atoms. The molecule has 2 aromatic heterocycles. The number of hydrogen-bond donors (Lipinski definition) is 0. The molecular weight excluding hydrogens is 264 g/mol. The van der Waals surface area contributed by atoms with Crippen LogP contribution >= 0.6 is 11.6 Å². The molecule has 0 amide bonds. The Morgan fingerprint density at radius 3 is 2.89 bits per heavy atom. The van der Waals surface area contributed by atoms with Gasteiger partial charge < -0.3 is 9.09 Å². The van der Waals surface area contributed by atoms with Crippen LogP contribution in [0.4, 0.5) is 0 Å². The van der Waals surface area contributed by atoms with E-state index in [1.165, 1.54) is 0 Å². The highest BCUT2D eigenvalue weighted by atomic mass is 35.5. The van der Waals surface area contributed by atoms with Crippen molar-refractivity contribution in [1.29, 1.82) is 0 Å². The summed E-state index contributed by atoms with van der Waals surface area (Å²) >= 11 is 6.09. The van der Waals surface area contributed by atoms with Crippen molar-refractivity contribution in [2.75, 3.05) is 0 Å². The SMILES string of the molecule is Cc1nccn1Cc1noc(-c2ccccc2Cl)n1. The lowest BCUT2D eigenvalue weighted by Gasteiger charge is -1.99. The second-order valence-corrected chi connectivity index (χ2v) is 4.51. The molecule has 2 heterocycles. The second kappa shape index (κ2) is 4.85. The topological polar surface area (TPSA) is 56.7 Å². The summed E-state index contributed by atoms with van der Waals surface area (Å²) < 4.78 is 7.19. The van der Waals surface area contributed by atoms with Crippen molar-refractivity contribution in [3.05, 3.63) is 53.3 Å². The van der Waals surface area contributed by atoms with E-state index in [0.29, 0.717) is 23.3 Å². The van der Waals surface area contributed by atoms with Gasteiger partial charge in [0, 0.05) is 12.4 Å². The molecule has 3 aromatic rings. The Hall–Kier alpha value is -2.14. The van der Waals surface area contributed by atoms with Crippen LogP contribution in [0.1, 0.15) is 11.6 Å². The maximum Gasteiger partial charge on any atom is 0.259 e. The molecule has 3 rings (SSSR count). The van der Waals surface area contributed by atoms with Crippen LogP contribution in [0.3, 0.4) is 0 Å². The van der Waals surface area contributed by atoms with Crippen LogP contribution in [0.2, 0.25) is 5.02 Å². The quantitative estimate of drug-likeness (QED) is 0.737. The fourth-order valence-corrected chi connectivity index (χ4v) is 2.00. The molecule has 0 fully saturated rings. The normalized spacial score (nSPS) is 10.8. The third-order valence-corrected chi connectivity index (χ3v) is 3.14. The summed E-state index contributed by atoms with van der Waals surface area (Å²) in [6.07, 6.45) is 3.62. The summed E-state index contributed by atoms with van der Waals surface area (Å²) in [7, 11) is 0. The van der Waals surface area contributed by atoms with Crippen molar-refractivity contribution >= 4 is 11.6 Å². The van der Waals surface area contributed by atoms with E-state index in [-0.39, 0.29) is 0 Å². The van der Waals surface area contributed by atoms with E-state index in [2.05, 4.69) is 15.1 Å². The zero-order chi connectivity index (χ0) is 13.2. The molecule has 0 N–H and O–H groups in total. The molecule has 0 saturated heterocycles. The highest BCUT2D eigenvalue weighted by Crippen LogP contribution is 2.25. The van der Waals surface area contributed by atoms with E-state index in [9.17, 15) is 0 Å². The fourth-order valence-electron chi connectivity index (χ4n) is 1.79. The molecule has 0 unspecified atom stereocenters. The molecule has 0 aliphatic rings. The van der Waals surface area contributed by atoms with Crippen molar-refractivity contribution in [2.24, 2.45) is 0 Å². The third kappa shape index (κ3) is 2.37. The maximum atomic E-state index is 6.09. The van der Waals surface area contributed by atoms with Gasteiger partial charge in [-0.05, 0) is 19.1 Å². The molecule has 0 aliphatic heterocycles. The van der Waals surface area contributed by atoms with Crippen LogP contribution in [0.25, 0.3) is 11.5 Å². The Morgan fingerprint density at radius 2 is 2.16 bits per heavy atom. The highest BCUT2D eigenvalue weighted by Gasteiger charge is 2.12. The fraction of sp³-hybridized carbons (Fsp3) is 0.154. The predicted octanol–water partition coefficient (Wildman–Crippen LogP) is 2.94. The Bertz CT molecular complexity index is 704. The summed E-state index contributed by atoms with van der Waals surface area (Å²) in [4.78, 5) is 8.49. The standard InChI is InChI=1S/C13H11ClN4O/c1-9-15-6-7-18(9)8-12-16-13(19-17-12)10-4-2-3-5-11(10)14/h2-7H,8H2,1H3. The largest absolute Gasteiger partial charge is 0.334 e. The minimum absolute atomic E-state index is 0.429. The summed E-state index contributed by atoms with van der Waals surface area (Å²) in [6, 6.07) is 7.38. The first-order valence-corrected chi connectivity index (χ1v) is 6.17. The minimum Gasteiger partial charge on any atom is -0.334 e. The van der Waals surface area contributed by atoms with E-state index in [1.54, 1.807) is 12.3 Å². The number of rotatable bonds is 3. The van der Waals surface area contributed by atoms with Crippen LogP contribution in [0, 0.1) is 6.92 Å². The van der Waals surface area contributed by atoms with Crippen molar-refractivity contribution < 1.29 is 4.52 Å². The monoisotopic (exact) mass is 274 g/mol. The van der Waals surface area contributed by atoms with Gasteiger partial charge in [-0.25, -0.2) is 4.98 Å². The van der Waals surface area contributed by atoms with Gasteiger partial charge in [-0.15, -0.1) is 0 Å². The first-order chi connectivity index (χ1) is 9.24. The Kier molecular flexibility index (Phi) is 3.05. The summed E-state index contributed by atoms with van der Waals surface area (Å²) in [5, 5.41) is 4.55. The maximum absolute atomic E-state index is 6.09. The number of imidazole rings is 1. The molecule has 19 heavy (non-hydrogen) atoms. The van der Waals surface area contributed by atoms with Gasteiger partial charge in [0.05, 0.1) is 17.1 Å². The van der Waals surface area contributed by atoms with Crippen molar-refractivity contribution in [3.8, 4) is 11.5 Å². The third-order valence-electron chi connectivity index (χ3n) is 2.81. The molecular formula is C13H11ClN4O. The van der Waals surface area contributed by atoms with Gasteiger partial charge in [-0.2, -0.15) is 4.98 Å². The average molecular weight is 275 g/mol. The predicted molar refractivity (Wildman–Crippen MR) is 70.8 cm³/mol. The Balaban J connectivity index is 1.88. The molecule has 0 saturated carbocycles. The van der Waals surface area contributed by atoms with Gasteiger partial charge >= 0.3 is 0 Å². The zero-order valence-corrected chi connectivity index (χ0v) is 11.0. The molecule has 96 valence electrons.